The van der Waals surface area contributed by atoms with E-state index < -0.39 is 0 Å². The van der Waals surface area contributed by atoms with Crippen LogP contribution in [0.1, 0.15) is 17.0 Å². The summed E-state index contributed by atoms with van der Waals surface area (Å²) in [4.78, 5) is 19.3. The molecule has 0 saturated carbocycles. The van der Waals surface area contributed by atoms with Crippen LogP contribution in [0, 0.1) is 6.92 Å². The van der Waals surface area contributed by atoms with E-state index in [2.05, 4.69) is 16.0 Å². The smallest absolute Gasteiger partial charge is 0.251 e. The van der Waals surface area contributed by atoms with Gasteiger partial charge in [0.15, 0.2) is 0 Å². The molecule has 110 valence electrons. The van der Waals surface area contributed by atoms with Gasteiger partial charge in [0, 0.05) is 23.7 Å². The molecule has 3 aromatic rings. The quantitative estimate of drug-likeness (QED) is 0.729. The third-order valence-corrected chi connectivity index (χ3v) is 3.45. The van der Waals surface area contributed by atoms with Gasteiger partial charge in [-0.2, -0.15) is 0 Å². The summed E-state index contributed by atoms with van der Waals surface area (Å²) in [5.74, 6) is 0.657. The molecule has 0 saturated heterocycles. The normalized spacial score (nSPS) is 10.6. The van der Waals surface area contributed by atoms with Crippen molar-refractivity contribution in [3.63, 3.8) is 0 Å². The van der Waals surface area contributed by atoms with E-state index in [1.54, 1.807) is 12.1 Å². The lowest BCUT2D eigenvalue weighted by Crippen LogP contribution is -2.11. The van der Waals surface area contributed by atoms with Crippen molar-refractivity contribution in [1.29, 1.82) is 0 Å². The fourth-order valence-electron chi connectivity index (χ4n) is 2.41. The van der Waals surface area contributed by atoms with Gasteiger partial charge in [0.25, 0.3) is 5.56 Å². The first-order valence-corrected chi connectivity index (χ1v) is 7.12. The minimum Gasteiger partial charge on any atom is -0.399 e. The molecule has 0 atom stereocenters. The fourth-order valence-corrected chi connectivity index (χ4v) is 2.41. The van der Waals surface area contributed by atoms with E-state index >= 15 is 0 Å². The van der Waals surface area contributed by atoms with E-state index in [-0.39, 0.29) is 5.56 Å². The van der Waals surface area contributed by atoms with Gasteiger partial charge in [-0.15, -0.1) is 0 Å². The summed E-state index contributed by atoms with van der Waals surface area (Å²) in [6.07, 6.45) is 0.597. The molecule has 2 aromatic carbocycles. The number of benzene rings is 2. The number of nitrogens with one attached hydrogen (secondary N) is 1. The van der Waals surface area contributed by atoms with Crippen molar-refractivity contribution in [2.75, 3.05) is 5.73 Å². The molecular weight excluding hydrogens is 274 g/mol. The second-order valence-corrected chi connectivity index (χ2v) is 5.37. The van der Waals surface area contributed by atoms with Gasteiger partial charge < -0.3 is 10.7 Å². The van der Waals surface area contributed by atoms with Crippen LogP contribution in [0.3, 0.4) is 0 Å². The molecule has 1 aromatic heterocycles. The van der Waals surface area contributed by atoms with Crippen LogP contribution < -0.4 is 11.3 Å². The zero-order valence-corrected chi connectivity index (χ0v) is 12.3. The average molecular weight is 291 g/mol. The van der Waals surface area contributed by atoms with Crippen LogP contribution in [0.2, 0.25) is 0 Å². The van der Waals surface area contributed by atoms with E-state index in [1.807, 2.05) is 37.3 Å². The lowest BCUT2D eigenvalue weighted by molar-refractivity contribution is 0.949. The predicted molar refractivity (Wildman–Crippen MR) is 88.7 cm³/mol. The van der Waals surface area contributed by atoms with Crippen LogP contribution in [0.25, 0.3) is 11.3 Å². The molecule has 4 nitrogen and oxygen atoms in total. The van der Waals surface area contributed by atoms with Crippen LogP contribution in [0.15, 0.2) is 59.4 Å². The van der Waals surface area contributed by atoms with Crippen molar-refractivity contribution in [3.05, 3.63) is 81.9 Å². The molecule has 4 heteroatoms. The number of hydrogen-bond donors (Lipinski definition) is 2. The number of hydrogen-bond acceptors (Lipinski definition) is 3. The van der Waals surface area contributed by atoms with Gasteiger partial charge in [-0.05, 0) is 24.6 Å². The standard InChI is InChI=1S/C18H17N3O/c1-12-3-2-4-13(9-12)10-17-20-16(11-18(22)21-17)14-5-7-15(19)8-6-14/h2-9,11H,10,19H2,1H3,(H,20,21,22). The van der Waals surface area contributed by atoms with Crippen molar-refractivity contribution in [1.82, 2.24) is 9.97 Å². The summed E-state index contributed by atoms with van der Waals surface area (Å²) >= 11 is 0. The number of nitrogens with zero attached hydrogens (tertiary/aromatic N) is 1. The number of aryl methyl sites for hydroxylation is 1. The van der Waals surface area contributed by atoms with Crippen molar-refractivity contribution < 1.29 is 0 Å². The summed E-state index contributed by atoms with van der Waals surface area (Å²) in [7, 11) is 0. The highest BCUT2D eigenvalue weighted by Crippen LogP contribution is 2.17. The van der Waals surface area contributed by atoms with Gasteiger partial charge in [-0.25, -0.2) is 4.98 Å². The Labute approximate surface area is 128 Å². The van der Waals surface area contributed by atoms with Crippen molar-refractivity contribution in [2.24, 2.45) is 0 Å². The van der Waals surface area contributed by atoms with E-state index in [9.17, 15) is 4.79 Å². The number of anilines is 1. The molecule has 0 aliphatic carbocycles. The minimum absolute atomic E-state index is 0.149. The number of aromatic nitrogens is 2. The molecule has 3 N–H and O–H groups in total. The Bertz CT molecular complexity index is 851. The largest absolute Gasteiger partial charge is 0.399 e. The van der Waals surface area contributed by atoms with Gasteiger partial charge in [0.1, 0.15) is 5.82 Å². The van der Waals surface area contributed by atoms with Crippen LogP contribution in [0.5, 0.6) is 0 Å². The Kier molecular flexibility index (Phi) is 3.74. The third kappa shape index (κ3) is 3.23. The molecule has 0 fully saturated rings. The fraction of sp³-hybridized carbons (Fsp3) is 0.111. The van der Waals surface area contributed by atoms with E-state index in [4.69, 9.17) is 5.73 Å². The molecule has 0 aliphatic heterocycles. The first-order valence-electron chi connectivity index (χ1n) is 7.12. The number of nitrogens with two attached hydrogens (primary N) is 1. The summed E-state index contributed by atoms with van der Waals surface area (Å²) in [6, 6.07) is 17.0. The Hall–Kier alpha value is -2.88. The molecule has 1 heterocycles. The summed E-state index contributed by atoms with van der Waals surface area (Å²) in [5.41, 5.74) is 10.1. The SMILES string of the molecule is Cc1cccc(Cc2nc(-c3ccc(N)cc3)cc(=O)[nH]2)c1. The molecule has 22 heavy (non-hydrogen) atoms. The lowest BCUT2D eigenvalue weighted by Gasteiger charge is -2.06. The minimum atomic E-state index is -0.149. The van der Waals surface area contributed by atoms with Gasteiger partial charge >= 0.3 is 0 Å². The summed E-state index contributed by atoms with van der Waals surface area (Å²) in [5, 5.41) is 0. The van der Waals surface area contributed by atoms with Gasteiger partial charge in [-0.3, -0.25) is 4.79 Å². The Morgan fingerprint density at radius 2 is 1.86 bits per heavy atom. The van der Waals surface area contributed by atoms with Gasteiger partial charge in [0.05, 0.1) is 5.69 Å². The number of nitrogen functional groups attached to an aromatic ring is 1. The Balaban J connectivity index is 1.96. The number of H-pyrrole nitrogens is 1. The second kappa shape index (κ2) is 5.85. The lowest BCUT2D eigenvalue weighted by atomic mass is 10.1. The maximum Gasteiger partial charge on any atom is 0.251 e. The monoisotopic (exact) mass is 291 g/mol. The molecule has 3 rings (SSSR count). The van der Waals surface area contributed by atoms with Crippen LogP contribution >= 0.6 is 0 Å². The molecule has 0 aliphatic rings. The molecule has 0 bridgehead atoms. The molecule has 0 amide bonds. The van der Waals surface area contributed by atoms with Crippen LogP contribution in [0.4, 0.5) is 5.69 Å². The molecular formula is C18H17N3O. The van der Waals surface area contributed by atoms with Crippen molar-refractivity contribution >= 4 is 5.69 Å². The zero-order valence-electron chi connectivity index (χ0n) is 12.3. The summed E-state index contributed by atoms with van der Waals surface area (Å²) < 4.78 is 0. The second-order valence-electron chi connectivity index (χ2n) is 5.37. The van der Waals surface area contributed by atoms with Gasteiger partial charge in [0.2, 0.25) is 0 Å². The first-order chi connectivity index (χ1) is 10.6. The predicted octanol–water partition coefficient (Wildman–Crippen LogP) is 2.92. The van der Waals surface area contributed by atoms with Crippen LogP contribution in [-0.4, -0.2) is 9.97 Å². The van der Waals surface area contributed by atoms with E-state index in [0.717, 1.165) is 11.1 Å². The maximum atomic E-state index is 11.9. The third-order valence-electron chi connectivity index (χ3n) is 3.45. The Morgan fingerprint density at radius 1 is 1.09 bits per heavy atom. The topological polar surface area (TPSA) is 71.8 Å². The summed E-state index contributed by atoms with van der Waals surface area (Å²) in [6.45, 7) is 2.05. The zero-order chi connectivity index (χ0) is 15.5. The molecule has 0 radical (unpaired) electrons. The van der Waals surface area contributed by atoms with Crippen molar-refractivity contribution in [3.8, 4) is 11.3 Å². The first kappa shape index (κ1) is 14.1. The maximum absolute atomic E-state index is 11.9. The van der Waals surface area contributed by atoms with E-state index in [0.29, 0.717) is 23.6 Å². The molecule has 0 unspecified atom stereocenters. The number of rotatable bonds is 3. The van der Waals surface area contributed by atoms with Crippen LogP contribution in [-0.2, 0) is 6.42 Å². The van der Waals surface area contributed by atoms with Gasteiger partial charge in [-0.1, -0.05) is 42.0 Å². The highest BCUT2D eigenvalue weighted by molar-refractivity contribution is 5.61. The molecule has 0 spiro atoms. The number of aromatic amines is 1. The average Bonchev–Trinajstić information content (AvgIpc) is 2.47. The Morgan fingerprint density at radius 3 is 2.59 bits per heavy atom. The van der Waals surface area contributed by atoms with E-state index in [1.165, 1.54) is 11.6 Å². The highest BCUT2D eigenvalue weighted by Gasteiger charge is 2.05. The van der Waals surface area contributed by atoms with Crippen molar-refractivity contribution in [2.45, 2.75) is 13.3 Å². The highest BCUT2D eigenvalue weighted by atomic mass is 16.1.